The molecular weight excluding hydrogens is 184 g/mol. The van der Waals surface area contributed by atoms with Gasteiger partial charge in [0.15, 0.2) is 0 Å². The van der Waals surface area contributed by atoms with Gasteiger partial charge in [0.1, 0.15) is 0 Å². The molecule has 0 heterocycles. The van der Waals surface area contributed by atoms with E-state index in [0.717, 1.165) is 0 Å². The summed E-state index contributed by atoms with van der Waals surface area (Å²) in [5.74, 6) is -0.0722. The Labute approximate surface area is 85.2 Å². The molecule has 0 aliphatic carbocycles. The summed E-state index contributed by atoms with van der Waals surface area (Å²) in [5, 5.41) is 36.8. The van der Waals surface area contributed by atoms with Gasteiger partial charge in [-0.1, -0.05) is 6.92 Å². The third-order valence-corrected chi connectivity index (χ3v) is 2.55. The number of hydrogen-bond acceptors (Lipinski definition) is 4. The average Bonchev–Trinajstić information content (AvgIpc) is 2.10. The highest BCUT2D eigenvalue weighted by Crippen LogP contribution is 2.18. The maximum atomic E-state index is 9.49. The van der Waals surface area contributed by atoms with Crippen LogP contribution in [-0.2, 0) is 0 Å². The van der Waals surface area contributed by atoms with Gasteiger partial charge in [0, 0.05) is 0 Å². The van der Waals surface area contributed by atoms with Crippen molar-refractivity contribution in [1.82, 2.24) is 0 Å². The second kappa shape index (κ2) is 5.66. The Morgan fingerprint density at radius 1 is 1.14 bits per heavy atom. The molecule has 0 radical (unpaired) electrons. The van der Waals surface area contributed by atoms with Crippen molar-refractivity contribution in [2.24, 2.45) is 5.92 Å². The monoisotopic (exact) mass is 206 g/mol. The van der Waals surface area contributed by atoms with Crippen molar-refractivity contribution in [3.8, 4) is 0 Å². The zero-order valence-electron chi connectivity index (χ0n) is 9.14. The number of hydrogen-bond donors (Lipinski definition) is 4. The lowest BCUT2D eigenvalue weighted by Gasteiger charge is -2.26. The molecule has 4 N–H and O–H groups in total. The van der Waals surface area contributed by atoms with Crippen molar-refractivity contribution in [3.63, 3.8) is 0 Å². The van der Waals surface area contributed by atoms with E-state index in [-0.39, 0.29) is 12.5 Å². The minimum Gasteiger partial charge on any atom is -0.394 e. The maximum Gasteiger partial charge on any atom is 0.0849 e. The third kappa shape index (κ3) is 4.91. The molecule has 0 saturated carbocycles. The van der Waals surface area contributed by atoms with Crippen molar-refractivity contribution in [1.29, 1.82) is 0 Å². The Morgan fingerprint density at radius 2 is 1.64 bits per heavy atom. The third-order valence-electron chi connectivity index (χ3n) is 2.55. The fourth-order valence-corrected chi connectivity index (χ4v) is 1.15. The van der Waals surface area contributed by atoms with Crippen molar-refractivity contribution in [3.05, 3.63) is 0 Å². The van der Waals surface area contributed by atoms with Crippen molar-refractivity contribution in [2.75, 3.05) is 6.61 Å². The number of aliphatic hydroxyl groups is 4. The van der Waals surface area contributed by atoms with Gasteiger partial charge in [0.25, 0.3) is 0 Å². The van der Waals surface area contributed by atoms with E-state index in [0.29, 0.717) is 12.8 Å². The van der Waals surface area contributed by atoms with Crippen LogP contribution in [0.4, 0.5) is 0 Å². The van der Waals surface area contributed by atoms with Gasteiger partial charge in [-0.25, -0.2) is 0 Å². The van der Waals surface area contributed by atoms with Crippen molar-refractivity contribution < 1.29 is 20.4 Å². The molecule has 0 saturated heterocycles. The molecule has 0 spiro atoms. The normalized spacial score (nSPS) is 19.1. The summed E-state index contributed by atoms with van der Waals surface area (Å²) >= 11 is 0. The van der Waals surface area contributed by atoms with Crippen LogP contribution >= 0.6 is 0 Å². The molecular formula is C10H22O4. The van der Waals surface area contributed by atoms with Crippen LogP contribution in [-0.4, -0.2) is 44.8 Å². The van der Waals surface area contributed by atoms with E-state index in [1.807, 2.05) is 0 Å². The molecule has 0 aromatic carbocycles. The highest BCUT2D eigenvalue weighted by Gasteiger charge is 2.25. The molecule has 0 aliphatic rings. The molecule has 4 nitrogen and oxygen atoms in total. The smallest absolute Gasteiger partial charge is 0.0849 e. The molecule has 0 bridgehead atoms. The van der Waals surface area contributed by atoms with Crippen LogP contribution in [0.3, 0.4) is 0 Å². The predicted molar refractivity (Wildman–Crippen MR) is 53.8 cm³/mol. The Kier molecular flexibility index (Phi) is 5.59. The molecule has 4 heteroatoms. The molecule has 0 rings (SSSR count). The van der Waals surface area contributed by atoms with Gasteiger partial charge in [-0.15, -0.1) is 0 Å². The zero-order valence-corrected chi connectivity index (χ0v) is 9.14. The first-order chi connectivity index (χ1) is 6.29. The van der Waals surface area contributed by atoms with Crippen LogP contribution in [0.5, 0.6) is 0 Å². The van der Waals surface area contributed by atoms with Gasteiger partial charge in [0.05, 0.1) is 24.4 Å². The standard InChI is InChI=1S/C10H22O4/c1-7(8(12)6-11)4-5-9(13)10(2,3)14/h7-9,11-14H,4-6H2,1-3H3. The first-order valence-corrected chi connectivity index (χ1v) is 4.98. The Bertz CT molecular complexity index is 153. The second-order valence-electron chi connectivity index (χ2n) is 4.47. The maximum absolute atomic E-state index is 9.49. The first-order valence-electron chi connectivity index (χ1n) is 4.98. The lowest BCUT2D eigenvalue weighted by atomic mass is 9.92. The highest BCUT2D eigenvalue weighted by molar-refractivity contribution is 4.77. The fourth-order valence-electron chi connectivity index (χ4n) is 1.15. The average molecular weight is 206 g/mol. The predicted octanol–water partition coefficient (Wildman–Crippen LogP) is -0.112. The summed E-state index contributed by atoms with van der Waals surface area (Å²) in [6.45, 7) is 4.63. The van der Waals surface area contributed by atoms with Gasteiger partial charge in [-0.05, 0) is 32.6 Å². The number of aliphatic hydroxyl groups excluding tert-OH is 3. The van der Waals surface area contributed by atoms with E-state index in [4.69, 9.17) is 5.11 Å². The van der Waals surface area contributed by atoms with E-state index in [1.54, 1.807) is 20.8 Å². The molecule has 0 aromatic heterocycles. The minimum atomic E-state index is -1.11. The van der Waals surface area contributed by atoms with E-state index in [2.05, 4.69) is 0 Å². The SMILES string of the molecule is CC(CCC(O)C(C)(C)O)C(O)CO. The van der Waals surface area contributed by atoms with Crippen molar-refractivity contribution >= 4 is 0 Å². The minimum absolute atomic E-state index is 0.0722. The molecule has 0 fully saturated rings. The summed E-state index contributed by atoms with van der Waals surface area (Å²) in [6.07, 6.45) is -0.547. The van der Waals surface area contributed by atoms with Gasteiger partial charge in [-0.2, -0.15) is 0 Å². The quantitative estimate of drug-likeness (QED) is 0.489. The van der Waals surface area contributed by atoms with Gasteiger partial charge < -0.3 is 20.4 Å². The lowest BCUT2D eigenvalue weighted by Crippen LogP contribution is -2.36. The first kappa shape index (κ1) is 13.8. The summed E-state index contributed by atoms with van der Waals surface area (Å²) in [7, 11) is 0. The van der Waals surface area contributed by atoms with Gasteiger partial charge >= 0.3 is 0 Å². The number of rotatable bonds is 6. The Hall–Kier alpha value is -0.160. The summed E-state index contributed by atoms with van der Waals surface area (Å²) in [4.78, 5) is 0. The van der Waals surface area contributed by atoms with E-state index in [9.17, 15) is 15.3 Å². The topological polar surface area (TPSA) is 80.9 Å². The van der Waals surface area contributed by atoms with E-state index < -0.39 is 17.8 Å². The zero-order chi connectivity index (χ0) is 11.4. The van der Waals surface area contributed by atoms with E-state index >= 15 is 0 Å². The molecule has 86 valence electrons. The summed E-state index contributed by atoms with van der Waals surface area (Å²) < 4.78 is 0. The lowest BCUT2D eigenvalue weighted by molar-refractivity contribution is -0.0566. The van der Waals surface area contributed by atoms with Crippen molar-refractivity contribution in [2.45, 2.75) is 51.4 Å². The van der Waals surface area contributed by atoms with Gasteiger partial charge in [0.2, 0.25) is 0 Å². The van der Waals surface area contributed by atoms with Crippen LogP contribution in [0, 0.1) is 5.92 Å². The summed E-state index contributed by atoms with van der Waals surface area (Å²) in [6, 6.07) is 0. The molecule has 0 aliphatic heterocycles. The molecule has 3 atom stereocenters. The largest absolute Gasteiger partial charge is 0.394 e. The molecule has 14 heavy (non-hydrogen) atoms. The van der Waals surface area contributed by atoms with Crippen LogP contribution in [0.1, 0.15) is 33.6 Å². The van der Waals surface area contributed by atoms with Crippen LogP contribution in [0.2, 0.25) is 0 Å². The van der Waals surface area contributed by atoms with Crippen LogP contribution in [0.15, 0.2) is 0 Å². The highest BCUT2D eigenvalue weighted by atomic mass is 16.3. The Morgan fingerprint density at radius 3 is 2.00 bits per heavy atom. The molecule has 3 unspecified atom stereocenters. The van der Waals surface area contributed by atoms with Crippen LogP contribution in [0.25, 0.3) is 0 Å². The van der Waals surface area contributed by atoms with Crippen LogP contribution < -0.4 is 0 Å². The molecule has 0 aromatic rings. The van der Waals surface area contributed by atoms with E-state index in [1.165, 1.54) is 0 Å². The Balaban J connectivity index is 3.83. The second-order valence-corrected chi connectivity index (χ2v) is 4.47. The summed E-state index contributed by atoms with van der Waals surface area (Å²) in [5.41, 5.74) is -1.11. The fraction of sp³-hybridized carbons (Fsp3) is 1.00. The molecule has 0 amide bonds. The van der Waals surface area contributed by atoms with Gasteiger partial charge in [-0.3, -0.25) is 0 Å².